The van der Waals surface area contributed by atoms with Gasteiger partial charge in [-0.1, -0.05) is 18.2 Å². The molecule has 0 heterocycles. The fourth-order valence-electron chi connectivity index (χ4n) is 2.08. The van der Waals surface area contributed by atoms with Gasteiger partial charge in [0, 0.05) is 12.6 Å². The topological polar surface area (TPSA) is 40.5 Å². The van der Waals surface area contributed by atoms with E-state index in [0.29, 0.717) is 5.56 Å². The minimum absolute atomic E-state index is 0.0457. The molecule has 0 bridgehead atoms. The van der Waals surface area contributed by atoms with E-state index in [1.807, 2.05) is 0 Å². The normalized spacial score (nSPS) is 12.0. The largest absolute Gasteiger partial charge is 0.508 e. The number of aromatic hydroxyl groups is 1. The van der Waals surface area contributed by atoms with Crippen LogP contribution in [-0.2, 0) is 0 Å². The first-order valence-corrected chi connectivity index (χ1v) is 6.42. The Balaban J connectivity index is 2.31. The third-order valence-electron chi connectivity index (χ3n) is 3.45. The van der Waals surface area contributed by atoms with E-state index in [-0.39, 0.29) is 11.3 Å². The van der Waals surface area contributed by atoms with Crippen molar-refractivity contribution >= 4 is 5.91 Å². The van der Waals surface area contributed by atoms with Crippen LogP contribution in [0.4, 0.5) is 8.78 Å². The van der Waals surface area contributed by atoms with Crippen LogP contribution in [0.15, 0.2) is 42.5 Å². The number of hydrogen-bond acceptors (Lipinski definition) is 2. The van der Waals surface area contributed by atoms with E-state index in [0.717, 1.165) is 18.2 Å². The summed E-state index contributed by atoms with van der Waals surface area (Å²) < 4.78 is 26.8. The average Bonchev–Trinajstić information content (AvgIpc) is 2.48. The molecule has 2 rings (SSSR count). The molecule has 5 heteroatoms. The molecule has 2 aromatic carbocycles. The SMILES string of the molecule is CC(c1ccccc1O)N(C)C(=O)c1cc(F)ccc1F. The molecular formula is C16H15F2NO2. The van der Waals surface area contributed by atoms with Gasteiger partial charge in [0.2, 0.25) is 0 Å². The smallest absolute Gasteiger partial charge is 0.257 e. The van der Waals surface area contributed by atoms with Gasteiger partial charge in [-0.05, 0) is 31.2 Å². The summed E-state index contributed by atoms with van der Waals surface area (Å²) in [5.74, 6) is -2.06. The lowest BCUT2D eigenvalue weighted by atomic mass is 10.0. The van der Waals surface area contributed by atoms with Crippen LogP contribution in [0.1, 0.15) is 28.9 Å². The number of nitrogens with zero attached hydrogens (tertiary/aromatic N) is 1. The number of para-hydroxylation sites is 1. The van der Waals surface area contributed by atoms with Crippen LogP contribution in [0, 0.1) is 11.6 Å². The molecule has 0 spiro atoms. The second-order valence-corrected chi connectivity index (χ2v) is 4.78. The van der Waals surface area contributed by atoms with Crippen LogP contribution in [0.2, 0.25) is 0 Å². The molecule has 1 N–H and O–H groups in total. The standard InChI is InChI=1S/C16H15F2NO2/c1-10(12-5-3-4-6-15(12)20)19(2)16(21)13-9-11(17)7-8-14(13)18/h3-10,20H,1-2H3. The van der Waals surface area contributed by atoms with Gasteiger partial charge in [0.05, 0.1) is 11.6 Å². The summed E-state index contributed by atoms with van der Waals surface area (Å²) >= 11 is 0. The van der Waals surface area contributed by atoms with E-state index in [2.05, 4.69) is 0 Å². The monoisotopic (exact) mass is 291 g/mol. The van der Waals surface area contributed by atoms with Crippen molar-refractivity contribution in [1.82, 2.24) is 4.90 Å². The number of carbonyl (C=O) groups excluding carboxylic acids is 1. The van der Waals surface area contributed by atoms with Crippen LogP contribution in [-0.4, -0.2) is 23.0 Å². The molecular weight excluding hydrogens is 276 g/mol. The third kappa shape index (κ3) is 3.02. The van der Waals surface area contributed by atoms with Crippen molar-refractivity contribution in [3.8, 4) is 5.75 Å². The number of benzene rings is 2. The average molecular weight is 291 g/mol. The van der Waals surface area contributed by atoms with Gasteiger partial charge in [0.25, 0.3) is 5.91 Å². The van der Waals surface area contributed by atoms with Gasteiger partial charge in [-0.3, -0.25) is 4.79 Å². The van der Waals surface area contributed by atoms with Crippen LogP contribution in [0.3, 0.4) is 0 Å². The molecule has 0 aliphatic carbocycles. The van der Waals surface area contributed by atoms with E-state index in [1.165, 1.54) is 18.0 Å². The number of hydrogen-bond donors (Lipinski definition) is 1. The molecule has 0 saturated carbocycles. The zero-order valence-corrected chi connectivity index (χ0v) is 11.7. The Morgan fingerprint density at radius 2 is 1.86 bits per heavy atom. The summed E-state index contributed by atoms with van der Waals surface area (Å²) in [6.45, 7) is 1.70. The second kappa shape index (κ2) is 5.91. The quantitative estimate of drug-likeness (QED) is 0.940. The lowest BCUT2D eigenvalue weighted by Gasteiger charge is -2.26. The molecule has 0 aliphatic rings. The van der Waals surface area contributed by atoms with E-state index < -0.39 is 23.6 Å². The summed E-state index contributed by atoms with van der Waals surface area (Å²) in [6, 6.07) is 8.83. The Labute approximate surface area is 121 Å². The maximum atomic E-state index is 13.7. The highest BCUT2D eigenvalue weighted by atomic mass is 19.1. The number of rotatable bonds is 3. The van der Waals surface area contributed by atoms with E-state index in [9.17, 15) is 18.7 Å². The summed E-state index contributed by atoms with van der Waals surface area (Å²) in [4.78, 5) is 13.5. The summed E-state index contributed by atoms with van der Waals surface area (Å²) in [5.41, 5.74) is 0.199. The molecule has 1 atom stereocenters. The van der Waals surface area contributed by atoms with Crippen molar-refractivity contribution in [2.45, 2.75) is 13.0 Å². The van der Waals surface area contributed by atoms with Gasteiger partial charge in [-0.25, -0.2) is 8.78 Å². The molecule has 0 aliphatic heterocycles. The predicted molar refractivity (Wildman–Crippen MR) is 75.0 cm³/mol. The van der Waals surface area contributed by atoms with Crippen molar-refractivity contribution in [2.75, 3.05) is 7.05 Å². The Bertz CT molecular complexity index is 673. The second-order valence-electron chi connectivity index (χ2n) is 4.78. The fourth-order valence-corrected chi connectivity index (χ4v) is 2.08. The molecule has 0 aromatic heterocycles. The van der Waals surface area contributed by atoms with E-state index in [1.54, 1.807) is 25.1 Å². The lowest BCUT2D eigenvalue weighted by molar-refractivity contribution is 0.0736. The Hall–Kier alpha value is -2.43. The van der Waals surface area contributed by atoms with E-state index in [4.69, 9.17) is 0 Å². The van der Waals surface area contributed by atoms with Gasteiger partial charge >= 0.3 is 0 Å². The van der Waals surface area contributed by atoms with Gasteiger partial charge in [-0.15, -0.1) is 0 Å². The third-order valence-corrected chi connectivity index (χ3v) is 3.45. The molecule has 2 aromatic rings. The first kappa shape index (κ1) is 15.0. The first-order valence-electron chi connectivity index (χ1n) is 6.42. The van der Waals surface area contributed by atoms with Crippen LogP contribution in [0.5, 0.6) is 5.75 Å². The van der Waals surface area contributed by atoms with Gasteiger partial charge in [0.15, 0.2) is 0 Å². The minimum Gasteiger partial charge on any atom is -0.508 e. The number of carbonyl (C=O) groups is 1. The molecule has 1 unspecified atom stereocenters. The van der Waals surface area contributed by atoms with Gasteiger partial charge in [-0.2, -0.15) is 0 Å². The Kier molecular flexibility index (Phi) is 4.21. The highest BCUT2D eigenvalue weighted by Crippen LogP contribution is 2.28. The molecule has 0 saturated heterocycles. The molecule has 1 amide bonds. The number of phenols is 1. The summed E-state index contributed by atoms with van der Waals surface area (Å²) in [5, 5.41) is 9.81. The van der Waals surface area contributed by atoms with Crippen molar-refractivity contribution < 1.29 is 18.7 Å². The van der Waals surface area contributed by atoms with Crippen LogP contribution in [0.25, 0.3) is 0 Å². The van der Waals surface area contributed by atoms with Gasteiger partial charge in [0.1, 0.15) is 17.4 Å². The Morgan fingerprint density at radius 1 is 1.19 bits per heavy atom. The molecule has 0 radical (unpaired) electrons. The van der Waals surface area contributed by atoms with Crippen molar-refractivity contribution in [3.63, 3.8) is 0 Å². The van der Waals surface area contributed by atoms with Crippen molar-refractivity contribution in [1.29, 1.82) is 0 Å². The Morgan fingerprint density at radius 3 is 2.52 bits per heavy atom. The maximum Gasteiger partial charge on any atom is 0.257 e. The maximum absolute atomic E-state index is 13.7. The number of phenolic OH excluding ortho intramolecular Hbond substituents is 1. The number of halogens is 2. The minimum atomic E-state index is -0.780. The predicted octanol–water partition coefficient (Wildman–Crippen LogP) is 3.50. The van der Waals surface area contributed by atoms with E-state index >= 15 is 0 Å². The molecule has 110 valence electrons. The molecule has 3 nitrogen and oxygen atoms in total. The number of amides is 1. The zero-order chi connectivity index (χ0) is 15.6. The highest BCUT2D eigenvalue weighted by Gasteiger charge is 2.23. The summed E-state index contributed by atoms with van der Waals surface area (Å²) in [7, 11) is 1.48. The van der Waals surface area contributed by atoms with Crippen LogP contribution < -0.4 is 0 Å². The molecule has 0 fully saturated rings. The highest BCUT2D eigenvalue weighted by molar-refractivity contribution is 5.94. The lowest BCUT2D eigenvalue weighted by Crippen LogP contribution is -2.30. The first-order chi connectivity index (χ1) is 9.91. The van der Waals surface area contributed by atoms with Crippen molar-refractivity contribution in [2.24, 2.45) is 0 Å². The van der Waals surface area contributed by atoms with Crippen molar-refractivity contribution in [3.05, 3.63) is 65.2 Å². The fraction of sp³-hybridized carbons (Fsp3) is 0.188. The molecule has 21 heavy (non-hydrogen) atoms. The van der Waals surface area contributed by atoms with Gasteiger partial charge < -0.3 is 10.0 Å². The zero-order valence-electron chi connectivity index (χ0n) is 11.7. The summed E-state index contributed by atoms with van der Waals surface area (Å²) in [6.07, 6.45) is 0. The van der Waals surface area contributed by atoms with Crippen LogP contribution >= 0.6 is 0 Å².